The van der Waals surface area contributed by atoms with Crippen LogP contribution in [0.5, 0.6) is 0 Å². The molecule has 0 saturated carbocycles. The van der Waals surface area contributed by atoms with Crippen molar-refractivity contribution >= 4 is 92.6 Å². The van der Waals surface area contributed by atoms with E-state index in [4.69, 9.17) is 21.4 Å². The number of H-pyrrole nitrogens is 1. The summed E-state index contributed by atoms with van der Waals surface area (Å²) in [7, 11) is 1.70. The summed E-state index contributed by atoms with van der Waals surface area (Å²) in [6, 6.07) is -15.6. The molecule has 1 aromatic heterocycles. The van der Waals surface area contributed by atoms with E-state index in [9.17, 15) is 91.4 Å². The Labute approximate surface area is 454 Å². The third-order valence-corrected chi connectivity index (χ3v) is 13.6. The van der Waals surface area contributed by atoms with Gasteiger partial charge in [-0.2, -0.15) is 13.2 Å². The van der Waals surface area contributed by atoms with Gasteiger partial charge in [-0.05, 0) is 45.6 Å². The molecule has 1 aromatic rings. The Bertz CT molecular complexity index is 2270. The number of carboxylic acids is 2. The molecule has 444 valence electrons. The molecule has 3 heterocycles. The lowest BCUT2D eigenvalue weighted by atomic mass is 10.1. The highest BCUT2D eigenvalue weighted by atomic mass is 33.1. The van der Waals surface area contributed by atoms with Crippen LogP contribution in [-0.2, 0) is 64.0 Å². The minimum absolute atomic E-state index is 0.0200. The predicted molar refractivity (Wildman–Crippen MR) is 267 cm³/mol. The minimum atomic E-state index is -5.08. The molecule has 10 unspecified atom stereocenters. The number of nitrogens with two attached hydrogens (primary N) is 2. The summed E-state index contributed by atoms with van der Waals surface area (Å²) in [5.74, 6) is -15.1. The number of amides is 10. The Morgan fingerprint density at radius 3 is 1.73 bits per heavy atom. The number of carbonyl (C=O) groups excluding carboxylic acids is 10. The summed E-state index contributed by atoms with van der Waals surface area (Å²) < 4.78 is 31.7. The first-order valence-electron chi connectivity index (χ1n) is 23.9. The first kappa shape index (κ1) is 68.2. The molecule has 0 spiro atoms. The first-order chi connectivity index (χ1) is 37.2. The maximum Gasteiger partial charge on any atom is 0.490 e. The minimum Gasteiger partial charge on any atom is -0.480 e. The number of unbranched alkanes of at least 4 members (excludes halogenated alkanes) is 1. The maximum atomic E-state index is 14.1. The van der Waals surface area contributed by atoms with Gasteiger partial charge in [0.15, 0.2) is 0 Å². The zero-order chi connectivity index (χ0) is 59.6. The van der Waals surface area contributed by atoms with Crippen molar-refractivity contribution in [3.8, 4) is 0 Å². The van der Waals surface area contributed by atoms with Gasteiger partial charge in [0, 0.05) is 36.4 Å². The van der Waals surface area contributed by atoms with Crippen LogP contribution in [0.1, 0.15) is 44.7 Å². The molecule has 79 heavy (non-hydrogen) atoms. The number of rotatable bonds is 15. The number of halogens is 3. The van der Waals surface area contributed by atoms with E-state index in [1.54, 1.807) is 0 Å². The fraction of sp³-hybridized carbons (Fsp3) is 0.643. The SMILES string of the molecule is CC(N)C(=O)NC1CSSCC(C(=O)NCC(=O)O)NC(=O)C(Cc2cnc[nH]2)NC(=O)C(CCCCN)NC(=O)C(CO)NC(=O)C2CCCN2C(=O)C(CO)NC(=O)C(CO)NC(=O)C(CO)NC1=O.O=C(O)C(F)(F)F. The fourth-order valence-electron chi connectivity index (χ4n) is 6.95. The molecule has 2 aliphatic rings. The molecule has 32 nitrogen and oxygen atoms in total. The summed E-state index contributed by atoms with van der Waals surface area (Å²) in [6.45, 7) is -3.69. The fourth-order valence-corrected chi connectivity index (χ4v) is 9.28. The summed E-state index contributed by atoms with van der Waals surface area (Å²) in [4.78, 5) is 164. The molecule has 0 bridgehead atoms. The quantitative estimate of drug-likeness (QED) is 0.0573. The van der Waals surface area contributed by atoms with E-state index in [-0.39, 0.29) is 56.7 Å². The van der Waals surface area contributed by atoms with Crippen LogP contribution < -0.4 is 59.3 Å². The number of carbonyl (C=O) groups is 12. The number of nitrogens with zero attached hydrogens (tertiary/aromatic N) is 2. The van der Waals surface area contributed by atoms with Gasteiger partial charge >= 0.3 is 18.1 Å². The van der Waals surface area contributed by atoms with Crippen LogP contribution in [0.4, 0.5) is 13.2 Å². The molecule has 3 rings (SSSR count). The number of carboxylic acid groups (broad SMARTS) is 2. The van der Waals surface area contributed by atoms with E-state index in [1.807, 2.05) is 0 Å². The maximum absolute atomic E-state index is 14.1. The van der Waals surface area contributed by atoms with E-state index >= 15 is 0 Å². The van der Waals surface area contributed by atoms with Crippen molar-refractivity contribution in [1.29, 1.82) is 0 Å². The second kappa shape index (κ2) is 34.2. The van der Waals surface area contributed by atoms with Crippen LogP contribution in [0, 0.1) is 0 Å². The standard InChI is InChI=1S/C40H64N14O16S2.C2HF3O2/c1-19(42)31(61)52-28-17-72-71-16-27(32(62)44-11-30(59)60)53-34(64)22(9-20-10-43-18-45-20)47-33(63)21(5-2-3-7-41)46-35(65)25(14-57)50-39(69)29-6-4-8-54(29)40(70)26(15-58)51-37(67)24(13-56)48-36(66)23(12-55)49-38(28)68;3-2(4,5)1(6)7/h10,18-19,21-29,55-58H,2-9,11-17,41-42H2,1H3,(H,43,45)(H,44,62)(H,46,65)(H,47,63)(H,48,66)(H,49,68)(H,50,69)(H,51,67)(H,52,61)(H,53,64)(H,59,60);(H,6,7). The van der Waals surface area contributed by atoms with Crippen molar-refractivity contribution in [1.82, 2.24) is 62.7 Å². The lowest BCUT2D eigenvalue weighted by Gasteiger charge is -2.30. The molecule has 10 atom stereocenters. The van der Waals surface area contributed by atoms with Crippen LogP contribution in [0.2, 0.25) is 0 Å². The lowest BCUT2D eigenvalue weighted by Crippen LogP contribution is -2.62. The van der Waals surface area contributed by atoms with Crippen LogP contribution in [-0.4, -0.2) is 241 Å². The van der Waals surface area contributed by atoms with E-state index < -0.39 is 171 Å². The molecule has 2 fully saturated rings. The Hall–Kier alpha value is -6.90. The van der Waals surface area contributed by atoms with E-state index in [0.717, 1.165) is 26.5 Å². The molecule has 2 saturated heterocycles. The van der Waals surface area contributed by atoms with Gasteiger partial charge in [-0.25, -0.2) is 9.78 Å². The molecule has 37 heteroatoms. The first-order valence-corrected chi connectivity index (χ1v) is 26.4. The number of hydrogen-bond acceptors (Lipinski definition) is 21. The number of nitrogens with one attached hydrogen (secondary N) is 10. The van der Waals surface area contributed by atoms with Crippen LogP contribution in [0.25, 0.3) is 0 Å². The van der Waals surface area contributed by atoms with Gasteiger partial charge < -0.3 is 99.8 Å². The number of aromatic nitrogens is 2. The topological polar surface area (TPSA) is 518 Å². The van der Waals surface area contributed by atoms with Crippen LogP contribution in [0.3, 0.4) is 0 Å². The molecular formula is C42H65F3N14O18S2. The van der Waals surface area contributed by atoms with E-state index in [0.29, 0.717) is 12.1 Å². The zero-order valence-corrected chi connectivity index (χ0v) is 43.7. The number of imidazole rings is 1. The van der Waals surface area contributed by atoms with Crippen LogP contribution in [0.15, 0.2) is 12.5 Å². The number of alkyl halides is 3. The second-order valence-electron chi connectivity index (χ2n) is 17.2. The molecule has 0 aromatic carbocycles. The van der Waals surface area contributed by atoms with Gasteiger partial charge in [-0.1, -0.05) is 21.6 Å². The number of aliphatic hydroxyl groups excluding tert-OH is 4. The van der Waals surface area contributed by atoms with Crippen molar-refractivity contribution in [3.05, 3.63) is 18.2 Å². The Morgan fingerprint density at radius 1 is 0.734 bits per heavy atom. The van der Waals surface area contributed by atoms with Gasteiger partial charge in [0.05, 0.1) is 38.8 Å². The molecule has 20 N–H and O–H groups in total. The predicted octanol–water partition coefficient (Wildman–Crippen LogP) is -8.50. The largest absolute Gasteiger partial charge is 0.490 e. The molecule has 2 aliphatic heterocycles. The molecular weight excluding hydrogens is 1110 g/mol. The zero-order valence-electron chi connectivity index (χ0n) is 42.1. The molecule has 0 radical (unpaired) electrons. The van der Waals surface area contributed by atoms with Crippen molar-refractivity contribution in [2.45, 2.75) is 112 Å². The number of aromatic amines is 1. The van der Waals surface area contributed by atoms with Crippen LogP contribution >= 0.6 is 21.6 Å². The molecule has 10 amide bonds. The highest BCUT2D eigenvalue weighted by Crippen LogP contribution is 2.24. The monoisotopic (exact) mass is 1170 g/mol. The van der Waals surface area contributed by atoms with Gasteiger partial charge in [0.1, 0.15) is 60.9 Å². The van der Waals surface area contributed by atoms with E-state index in [2.05, 4.69) is 57.8 Å². The smallest absolute Gasteiger partial charge is 0.480 e. The summed E-state index contributed by atoms with van der Waals surface area (Å²) in [5.41, 5.74) is 11.7. The van der Waals surface area contributed by atoms with Crippen molar-refractivity contribution in [2.75, 3.05) is 57.6 Å². The third-order valence-electron chi connectivity index (χ3n) is 11.2. The average molecular weight is 1180 g/mol. The number of aliphatic hydroxyl groups is 4. The summed E-state index contributed by atoms with van der Waals surface area (Å²) >= 11 is 0. The van der Waals surface area contributed by atoms with Crippen molar-refractivity contribution < 1.29 is 101 Å². The average Bonchev–Trinajstić information content (AvgIpc) is 4.12. The molecule has 0 aliphatic carbocycles. The van der Waals surface area contributed by atoms with Gasteiger partial charge in [0.25, 0.3) is 0 Å². The summed E-state index contributed by atoms with van der Waals surface area (Å²) in [5, 5.41) is 78.0. The Kier molecular flexibility index (Phi) is 29.5. The highest BCUT2D eigenvalue weighted by molar-refractivity contribution is 8.76. The number of hydrogen-bond donors (Lipinski definition) is 18. The van der Waals surface area contributed by atoms with Gasteiger partial charge in [-0.3, -0.25) is 52.7 Å². The second-order valence-corrected chi connectivity index (χ2v) is 19.8. The van der Waals surface area contributed by atoms with Gasteiger partial charge in [-0.15, -0.1) is 0 Å². The number of aliphatic carboxylic acids is 2. The van der Waals surface area contributed by atoms with E-state index in [1.165, 1.54) is 19.4 Å². The number of fused-ring (bicyclic) bond motifs is 1. The Balaban J connectivity index is 0.00000284. The van der Waals surface area contributed by atoms with Crippen molar-refractivity contribution in [2.24, 2.45) is 11.5 Å². The normalized spacial score (nSPS) is 25.2. The summed E-state index contributed by atoms with van der Waals surface area (Å²) in [6.07, 6.45) is -1.91. The lowest BCUT2D eigenvalue weighted by molar-refractivity contribution is -0.192. The third kappa shape index (κ3) is 23.1. The van der Waals surface area contributed by atoms with Crippen molar-refractivity contribution in [3.63, 3.8) is 0 Å². The highest BCUT2D eigenvalue weighted by Gasteiger charge is 2.41. The Morgan fingerprint density at radius 2 is 1.23 bits per heavy atom. The van der Waals surface area contributed by atoms with Gasteiger partial charge in [0.2, 0.25) is 59.1 Å².